The number of rotatable bonds is 2. The summed E-state index contributed by atoms with van der Waals surface area (Å²) in [4.78, 5) is 0. The summed E-state index contributed by atoms with van der Waals surface area (Å²) in [6, 6.07) is 0. The Labute approximate surface area is 52.2 Å². The van der Waals surface area contributed by atoms with Crippen molar-refractivity contribution < 1.29 is 5.11 Å². The predicted molar refractivity (Wildman–Crippen MR) is 34.4 cm³/mol. The molecule has 7 heavy (non-hydrogen) atoms. The molecule has 0 spiro atoms. The van der Waals surface area contributed by atoms with E-state index >= 15 is 0 Å². The maximum absolute atomic E-state index is 8.25. The van der Waals surface area contributed by atoms with Gasteiger partial charge in [-0.15, -0.1) is 0 Å². The number of hydrogen-bond acceptors (Lipinski definition) is 1. The molecule has 0 rings (SSSR count). The van der Waals surface area contributed by atoms with Gasteiger partial charge in [0.15, 0.2) is 0 Å². The van der Waals surface area contributed by atoms with Gasteiger partial charge in [-0.1, -0.05) is 22.0 Å². The fourth-order valence-corrected chi connectivity index (χ4v) is 0.492. The van der Waals surface area contributed by atoms with Crippen molar-refractivity contribution in [1.82, 2.24) is 0 Å². The lowest BCUT2D eigenvalue weighted by atomic mass is 10.4. The molecule has 0 heterocycles. The Morgan fingerprint density at radius 3 is 2.57 bits per heavy atom. The van der Waals surface area contributed by atoms with E-state index in [1.165, 1.54) is 0 Å². The number of hydrogen-bond donors (Lipinski definition) is 1. The number of aliphatic hydroxyl groups is 1. The van der Waals surface area contributed by atoms with Gasteiger partial charge in [0.25, 0.3) is 0 Å². The molecule has 0 aromatic carbocycles. The van der Waals surface area contributed by atoms with Crippen molar-refractivity contribution in [3.63, 3.8) is 0 Å². The monoisotopic (exact) mass is 164 g/mol. The fourth-order valence-electron chi connectivity index (χ4n) is 0.263. The van der Waals surface area contributed by atoms with E-state index < -0.39 is 0 Å². The summed E-state index contributed by atoms with van der Waals surface area (Å²) in [5, 5.41) is 8.25. The van der Waals surface area contributed by atoms with Gasteiger partial charge >= 0.3 is 0 Å². The van der Waals surface area contributed by atoms with Gasteiger partial charge in [-0.25, -0.2) is 0 Å². The zero-order valence-corrected chi connectivity index (χ0v) is 5.90. The molecule has 0 aromatic rings. The third kappa shape index (κ3) is 6.18. The Morgan fingerprint density at radius 1 is 1.86 bits per heavy atom. The molecule has 0 bridgehead atoms. The fraction of sp³-hybridized carbons (Fsp3) is 0.600. The van der Waals surface area contributed by atoms with Crippen LogP contribution >= 0.6 is 15.9 Å². The normalized spacial score (nSPS) is 12.1. The Morgan fingerprint density at radius 2 is 2.43 bits per heavy atom. The van der Waals surface area contributed by atoms with Crippen molar-refractivity contribution in [3.8, 4) is 0 Å². The highest BCUT2D eigenvalue weighted by molar-refractivity contribution is 9.11. The summed E-state index contributed by atoms with van der Waals surface area (Å²) in [5.74, 6) is 0. The van der Waals surface area contributed by atoms with Crippen LogP contribution in [-0.4, -0.2) is 11.7 Å². The van der Waals surface area contributed by atoms with Gasteiger partial charge in [0.05, 0.1) is 0 Å². The molecular weight excluding hydrogens is 156 g/mol. The summed E-state index contributed by atoms with van der Waals surface area (Å²) in [6.45, 7) is 2.18. The van der Waals surface area contributed by atoms with E-state index in [-0.39, 0.29) is 6.61 Å². The van der Waals surface area contributed by atoms with Crippen LogP contribution in [0.2, 0.25) is 0 Å². The van der Waals surface area contributed by atoms with Crippen LogP contribution in [0.15, 0.2) is 10.6 Å². The molecule has 0 unspecified atom stereocenters. The summed E-state index contributed by atoms with van der Waals surface area (Å²) in [7, 11) is 0. The number of allylic oxidation sites excluding steroid dienone is 1. The lowest BCUT2D eigenvalue weighted by Gasteiger charge is -1.83. The largest absolute Gasteiger partial charge is 0.396 e. The molecule has 0 aliphatic rings. The predicted octanol–water partition coefficient (Wildman–Crippen LogP) is 1.67. The molecule has 0 aromatic heterocycles. The van der Waals surface area contributed by atoms with Gasteiger partial charge in [-0.3, -0.25) is 0 Å². The smallest absolute Gasteiger partial charge is 0.0465 e. The molecule has 2 heteroatoms. The van der Waals surface area contributed by atoms with Gasteiger partial charge in [0.2, 0.25) is 0 Å². The van der Waals surface area contributed by atoms with E-state index in [1.807, 2.05) is 13.0 Å². The Balaban J connectivity index is 3.08. The van der Waals surface area contributed by atoms with Crippen LogP contribution in [-0.2, 0) is 0 Å². The second-order valence-corrected chi connectivity index (χ2v) is 2.55. The molecular formula is C5H9BrO. The second kappa shape index (κ2) is 4.34. The first-order chi connectivity index (χ1) is 3.27. The van der Waals surface area contributed by atoms with E-state index in [1.54, 1.807) is 0 Å². The number of halogens is 1. The molecule has 1 nitrogen and oxygen atoms in total. The van der Waals surface area contributed by atoms with Crippen LogP contribution in [0.25, 0.3) is 0 Å². The van der Waals surface area contributed by atoms with Gasteiger partial charge < -0.3 is 5.11 Å². The minimum atomic E-state index is 0.239. The molecule has 0 saturated heterocycles. The molecule has 0 aliphatic heterocycles. The molecule has 0 aliphatic carbocycles. The first kappa shape index (κ1) is 7.18. The average molecular weight is 165 g/mol. The van der Waals surface area contributed by atoms with Gasteiger partial charge in [0.1, 0.15) is 0 Å². The van der Waals surface area contributed by atoms with Gasteiger partial charge in [-0.2, -0.15) is 0 Å². The van der Waals surface area contributed by atoms with Crippen molar-refractivity contribution >= 4 is 15.9 Å². The van der Waals surface area contributed by atoms with Crippen LogP contribution < -0.4 is 0 Å². The van der Waals surface area contributed by atoms with Gasteiger partial charge in [0, 0.05) is 6.61 Å². The molecule has 42 valence electrons. The maximum Gasteiger partial charge on any atom is 0.0465 e. The van der Waals surface area contributed by atoms with E-state index in [0.717, 1.165) is 10.9 Å². The van der Waals surface area contributed by atoms with Crippen LogP contribution in [0.1, 0.15) is 13.3 Å². The van der Waals surface area contributed by atoms with E-state index in [2.05, 4.69) is 15.9 Å². The Hall–Kier alpha value is 0.180. The highest BCUT2D eigenvalue weighted by Gasteiger charge is 1.75. The lowest BCUT2D eigenvalue weighted by molar-refractivity contribution is 0.302. The summed E-state index contributed by atoms with van der Waals surface area (Å²) >= 11 is 3.23. The first-order valence-corrected chi connectivity index (χ1v) is 3.00. The zero-order valence-electron chi connectivity index (χ0n) is 4.32. The second-order valence-electron chi connectivity index (χ2n) is 1.30. The Bertz CT molecular complexity index is 64.5. The first-order valence-electron chi connectivity index (χ1n) is 2.20. The Kier molecular flexibility index (Phi) is 4.45. The molecule has 1 N–H and O–H groups in total. The summed E-state index contributed by atoms with van der Waals surface area (Å²) in [6.07, 6.45) is 2.68. The zero-order chi connectivity index (χ0) is 5.70. The van der Waals surface area contributed by atoms with Crippen LogP contribution in [0.3, 0.4) is 0 Å². The maximum atomic E-state index is 8.25. The lowest BCUT2D eigenvalue weighted by Crippen LogP contribution is -1.74. The van der Waals surface area contributed by atoms with E-state index in [0.29, 0.717) is 0 Å². The minimum absolute atomic E-state index is 0.239. The topological polar surface area (TPSA) is 20.2 Å². The summed E-state index contributed by atoms with van der Waals surface area (Å²) in [5.41, 5.74) is 0. The number of aliphatic hydroxyl groups excluding tert-OH is 1. The third-order valence-corrected chi connectivity index (χ3v) is 0.878. The van der Waals surface area contributed by atoms with E-state index in [4.69, 9.17) is 5.11 Å². The highest BCUT2D eigenvalue weighted by atomic mass is 79.9. The summed E-state index contributed by atoms with van der Waals surface area (Å²) < 4.78 is 1.08. The molecule has 0 atom stereocenters. The SMILES string of the molecule is C/C(Br)=C/CCO. The molecule has 0 radical (unpaired) electrons. The van der Waals surface area contributed by atoms with Crippen molar-refractivity contribution in [2.24, 2.45) is 0 Å². The third-order valence-electron chi connectivity index (χ3n) is 0.555. The molecule has 0 amide bonds. The van der Waals surface area contributed by atoms with E-state index in [9.17, 15) is 0 Å². The van der Waals surface area contributed by atoms with Crippen molar-refractivity contribution in [2.45, 2.75) is 13.3 Å². The van der Waals surface area contributed by atoms with Gasteiger partial charge in [-0.05, 0) is 17.8 Å². The standard InChI is InChI=1S/C5H9BrO/c1-5(6)3-2-4-7/h3,7H,2,4H2,1H3/b5-3-. The van der Waals surface area contributed by atoms with Crippen molar-refractivity contribution in [1.29, 1.82) is 0 Å². The van der Waals surface area contributed by atoms with Crippen LogP contribution in [0.4, 0.5) is 0 Å². The van der Waals surface area contributed by atoms with Crippen molar-refractivity contribution in [3.05, 3.63) is 10.6 Å². The quantitative estimate of drug-likeness (QED) is 0.659. The minimum Gasteiger partial charge on any atom is -0.396 e. The van der Waals surface area contributed by atoms with Crippen molar-refractivity contribution in [2.75, 3.05) is 6.61 Å². The molecule has 0 saturated carbocycles. The van der Waals surface area contributed by atoms with Crippen LogP contribution in [0, 0.1) is 0 Å². The average Bonchev–Trinajstić information content (AvgIpc) is 1.61. The molecule has 0 fully saturated rings. The highest BCUT2D eigenvalue weighted by Crippen LogP contribution is 2.01. The van der Waals surface area contributed by atoms with Crippen LogP contribution in [0.5, 0.6) is 0 Å².